The lowest BCUT2D eigenvalue weighted by atomic mass is 9.44. The first-order chi connectivity index (χ1) is 15.7. The van der Waals surface area contributed by atoms with Crippen LogP contribution in [0.4, 0.5) is 0 Å². The molecule has 0 saturated heterocycles. The lowest BCUT2D eigenvalue weighted by Crippen LogP contribution is -2.65. The fourth-order valence-corrected chi connectivity index (χ4v) is 6.01. The second kappa shape index (κ2) is 13.2. The van der Waals surface area contributed by atoms with Crippen LogP contribution < -0.4 is 0 Å². The first kappa shape index (κ1) is 28.3. The van der Waals surface area contributed by atoms with E-state index in [4.69, 9.17) is 4.74 Å². The van der Waals surface area contributed by atoms with Crippen LogP contribution in [0.15, 0.2) is 4.99 Å². The van der Waals surface area contributed by atoms with Crippen molar-refractivity contribution in [2.24, 2.45) is 22.2 Å². The summed E-state index contributed by atoms with van der Waals surface area (Å²) in [5, 5.41) is 22.1. The van der Waals surface area contributed by atoms with Crippen LogP contribution in [0.2, 0.25) is 0 Å². The van der Waals surface area contributed by atoms with E-state index in [1.54, 1.807) is 6.92 Å². The van der Waals surface area contributed by atoms with E-state index in [1.807, 2.05) is 6.92 Å². The summed E-state index contributed by atoms with van der Waals surface area (Å²) in [6.07, 6.45) is 15.1. The molecule has 0 heterocycles. The van der Waals surface area contributed by atoms with Crippen molar-refractivity contribution in [1.82, 2.24) is 0 Å². The van der Waals surface area contributed by atoms with Gasteiger partial charge in [-0.3, -0.25) is 4.99 Å². The molecule has 0 aliphatic heterocycles. The number of carbonyl (C=O) groups excluding carboxylic acids is 1. The van der Waals surface area contributed by atoms with Gasteiger partial charge in [0.2, 0.25) is 0 Å². The topological polar surface area (TPSA) is 79.1 Å². The Balaban J connectivity index is 1.80. The molecule has 5 atom stereocenters. The number of hydrogen-bond donors (Lipinski definition) is 2. The van der Waals surface area contributed by atoms with Gasteiger partial charge in [-0.05, 0) is 50.4 Å². The molecule has 3 rings (SSSR count). The van der Waals surface area contributed by atoms with Crippen molar-refractivity contribution in [3.05, 3.63) is 0 Å². The lowest BCUT2D eigenvalue weighted by molar-refractivity contribution is -0.148. The van der Waals surface area contributed by atoms with Crippen molar-refractivity contribution in [2.75, 3.05) is 6.61 Å². The van der Waals surface area contributed by atoms with Crippen molar-refractivity contribution < 1.29 is 19.7 Å². The zero-order valence-corrected chi connectivity index (χ0v) is 22.1. The summed E-state index contributed by atoms with van der Waals surface area (Å²) in [5.41, 5.74) is -0.269. The van der Waals surface area contributed by atoms with Crippen LogP contribution in [-0.4, -0.2) is 46.2 Å². The average molecular weight is 466 g/mol. The van der Waals surface area contributed by atoms with E-state index in [-0.39, 0.29) is 17.9 Å². The van der Waals surface area contributed by atoms with E-state index < -0.39 is 23.7 Å². The largest absolute Gasteiger partial charge is 0.464 e. The molecular formula is C28H51NO4. The fraction of sp³-hybridized carbons (Fsp3) is 0.929. The van der Waals surface area contributed by atoms with Crippen LogP contribution in [0.25, 0.3) is 0 Å². The molecule has 0 amide bonds. The van der Waals surface area contributed by atoms with Gasteiger partial charge in [0.1, 0.15) is 5.60 Å². The van der Waals surface area contributed by atoms with E-state index >= 15 is 0 Å². The van der Waals surface area contributed by atoms with Gasteiger partial charge >= 0.3 is 5.97 Å². The zero-order valence-electron chi connectivity index (χ0n) is 22.1. The molecule has 3 saturated carbocycles. The third-order valence-electron chi connectivity index (χ3n) is 8.46. The van der Waals surface area contributed by atoms with Crippen molar-refractivity contribution in [3.63, 3.8) is 0 Å². The summed E-state index contributed by atoms with van der Waals surface area (Å²) in [4.78, 5) is 17.3. The number of aliphatic hydroxyl groups excluding tert-OH is 1. The summed E-state index contributed by atoms with van der Waals surface area (Å²) in [5.74, 6) is 0.150. The van der Waals surface area contributed by atoms with Crippen LogP contribution in [0, 0.1) is 17.3 Å². The molecule has 0 unspecified atom stereocenters. The van der Waals surface area contributed by atoms with E-state index in [1.165, 1.54) is 57.8 Å². The van der Waals surface area contributed by atoms with Crippen molar-refractivity contribution in [3.8, 4) is 0 Å². The van der Waals surface area contributed by atoms with Crippen molar-refractivity contribution in [2.45, 2.75) is 142 Å². The van der Waals surface area contributed by atoms with Crippen molar-refractivity contribution >= 4 is 11.7 Å². The minimum Gasteiger partial charge on any atom is -0.464 e. The SMILES string of the molecule is CCCCCCCCCCCCC[C@@H](O)[C@@H](N=C1C[C@H]2C[C@H](C2(C)C)[C@@]1(C)O)C(=O)OCC. The molecule has 0 radical (unpaired) electrons. The number of aliphatic imine (C=N–C) groups is 1. The van der Waals surface area contributed by atoms with Gasteiger partial charge in [0.15, 0.2) is 6.04 Å². The highest BCUT2D eigenvalue weighted by Gasteiger charge is 2.61. The Morgan fingerprint density at radius 3 is 2.03 bits per heavy atom. The molecule has 33 heavy (non-hydrogen) atoms. The zero-order chi connectivity index (χ0) is 24.5. The monoisotopic (exact) mass is 465 g/mol. The molecule has 3 aliphatic rings. The third-order valence-corrected chi connectivity index (χ3v) is 8.46. The standard InChI is InChI=1S/C28H51NO4/c1-6-8-9-10-11-12-13-14-15-16-17-18-22(30)25(26(31)33-7-2)29-24-20-21-19-23(27(21,3)4)28(24,5)32/h21-23,25,30,32H,6-20H2,1-5H3/t21-,22-,23-,25-,28-/m1/s1. The Kier molecular flexibility index (Phi) is 11.3. The number of ether oxygens (including phenoxy) is 1. The molecule has 0 aromatic rings. The van der Waals surface area contributed by atoms with E-state index in [0.717, 1.165) is 19.3 Å². The smallest absolute Gasteiger partial charge is 0.333 e. The minimum absolute atomic E-state index is 0.0933. The molecule has 3 fully saturated rings. The molecule has 0 aromatic heterocycles. The van der Waals surface area contributed by atoms with E-state index in [9.17, 15) is 15.0 Å². The Morgan fingerprint density at radius 1 is 1.00 bits per heavy atom. The molecule has 3 aliphatic carbocycles. The first-order valence-electron chi connectivity index (χ1n) is 13.8. The second-order valence-corrected chi connectivity index (χ2v) is 11.3. The number of aliphatic hydroxyl groups is 2. The summed E-state index contributed by atoms with van der Waals surface area (Å²) in [6, 6.07) is -0.935. The summed E-state index contributed by atoms with van der Waals surface area (Å²) >= 11 is 0. The maximum absolute atomic E-state index is 12.6. The molecule has 2 N–H and O–H groups in total. The van der Waals surface area contributed by atoms with Gasteiger partial charge in [0.05, 0.1) is 12.7 Å². The van der Waals surface area contributed by atoms with Crippen LogP contribution in [0.3, 0.4) is 0 Å². The van der Waals surface area contributed by atoms with Crippen LogP contribution in [0.5, 0.6) is 0 Å². The molecule has 0 spiro atoms. The number of esters is 1. The van der Waals surface area contributed by atoms with Gasteiger partial charge in [0, 0.05) is 5.71 Å². The summed E-state index contributed by atoms with van der Waals surface area (Å²) in [7, 11) is 0. The number of unbranched alkanes of at least 4 members (excludes halogenated alkanes) is 10. The number of hydrogen-bond acceptors (Lipinski definition) is 5. The normalized spacial score (nSPS) is 28.9. The molecular weight excluding hydrogens is 414 g/mol. The Bertz CT molecular complexity index is 627. The quantitative estimate of drug-likeness (QED) is 0.209. The van der Waals surface area contributed by atoms with Crippen LogP contribution >= 0.6 is 0 Å². The number of fused-ring (bicyclic) bond motifs is 2. The Hall–Kier alpha value is -0.940. The highest BCUT2D eigenvalue weighted by Crippen LogP contribution is 2.61. The Labute approximate surface area is 202 Å². The van der Waals surface area contributed by atoms with Gasteiger partial charge in [-0.25, -0.2) is 4.79 Å². The van der Waals surface area contributed by atoms with E-state index in [2.05, 4.69) is 25.8 Å². The predicted molar refractivity (Wildman–Crippen MR) is 136 cm³/mol. The molecule has 5 nitrogen and oxygen atoms in total. The maximum Gasteiger partial charge on any atom is 0.333 e. The second-order valence-electron chi connectivity index (χ2n) is 11.3. The highest BCUT2D eigenvalue weighted by molar-refractivity contribution is 5.96. The fourth-order valence-electron chi connectivity index (χ4n) is 6.01. The molecule has 0 aromatic carbocycles. The summed E-state index contributed by atoms with van der Waals surface area (Å²) in [6.45, 7) is 10.5. The Morgan fingerprint density at radius 2 is 1.55 bits per heavy atom. The maximum atomic E-state index is 12.6. The van der Waals surface area contributed by atoms with Crippen LogP contribution in [0.1, 0.15) is 125 Å². The van der Waals surface area contributed by atoms with Gasteiger partial charge in [-0.1, -0.05) is 91.4 Å². The van der Waals surface area contributed by atoms with Crippen molar-refractivity contribution in [1.29, 1.82) is 0 Å². The number of rotatable bonds is 16. The van der Waals surface area contributed by atoms with Gasteiger partial charge in [-0.2, -0.15) is 0 Å². The third kappa shape index (κ3) is 7.52. The van der Waals surface area contributed by atoms with E-state index in [0.29, 0.717) is 24.5 Å². The lowest BCUT2D eigenvalue weighted by Gasteiger charge is -2.62. The minimum atomic E-state index is -1.03. The number of carbonyl (C=O) groups is 1. The van der Waals surface area contributed by atoms with Gasteiger partial charge in [0.25, 0.3) is 0 Å². The first-order valence-corrected chi connectivity index (χ1v) is 13.8. The van der Waals surface area contributed by atoms with Gasteiger partial charge < -0.3 is 14.9 Å². The molecule has 5 heteroatoms. The molecule has 2 bridgehead atoms. The predicted octanol–water partition coefficient (Wildman–Crippen LogP) is 6.24. The number of nitrogens with zero attached hydrogens (tertiary/aromatic N) is 1. The molecule has 192 valence electrons. The average Bonchev–Trinajstić information content (AvgIpc) is 2.75. The highest BCUT2D eigenvalue weighted by atomic mass is 16.5. The van der Waals surface area contributed by atoms with Gasteiger partial charge in [-0.15, -0.1) is 0 Å². The van der Waals surface area contributed by atoms with Crippen LogP contribution in [-0.2, 0) is 9.53 Å². The summed E-state index contributed by atoms with van der Waals surface area (Å²) < 4.78 is 5.23.